The zero-order valence-electron chi connectivity index (χ0n) is 17.1. The molecule has 0 spiro atoms. The Hall–Kier alpha value is -3.22. The standard InChI is InChI=1S/C24H22ClFN4O/c1-31-19-12-10-17(11-13-19)14-27-15-23-24(18-6-3-2-4-7-18)29-30(28-23)16-20-21(25)8-5-9-22(20)26/h2-13,27H,14-16H2,1H3. The number of rotatable bonds is 8. The van der Waals surface area contributed by atoms with Gasteiger partial charge in [-0.25, -0.2) is 4.39 Å². The van der Waals surface area contributed by atoms with Crippen molar-refractivity contribution in [2.75, 3.05) is 7.11 Å². The monoisotopic (exact) mass is 436 g/mol. The number of hydrogen-bond acceptors (Lipinski definition) is 4. The third-order valence-electron chi connectivity index (χ3n) is 4.91. The van der Waals surface area contributed by atoms with E-state index in [9.17, 15) is 4.39 Å². The van der Waals surface area contributed by atoms with E-state index in [0.29, 0.717) is 23.7 Å². The maximum absolute atomic E-state index is 14.2. The molecule has 1 aromatic heterocycles. The van der Waals surface area contributed by atoms with Gasteiger partial charge in [0.15, 0.2) is 0 Å². The summed E-state index contributed by atoms with van der Waals surface area (Å²) >= 11 is 6.19. The van der Waals surface area contributed by atoms with Gasteiger partial charge in [-0.15, -0.1) is 0 Å². The Labute approximate surface area is 185 Å². The molecule has 0 aliphatic carbocycles. The highest BCUT2D eigenvalue weighted by Crippen LogP contribution is 2.23. The van der Waals surface area contributed by atoms with Gasteiger partial charge in [0.2, 0.25) is 0 Å². The molecule has 0 fully saturated rings. The topological polar surface area (TPSA) is 52.0 Å². The molecule has 0 saturated heterocycles. The largest absolute Gasteiger partial charge is 0.497 e. The molecule has 3 aromatic carbocycles. The van der Waals surface area contributed by atoms with E-state index < -0.39 is 0 Å². The Kier molecular flexibility index (Phi) is 6.60. The van der Waals surface area contributed by atoms with Crippen LogP contribution in [0.4, 0.5) is 4.39 Å². The van der Waals surface area contributed by atoms with Crippen molar-refractivity contribution in [1.29, 1.82) is 0 Å². The van der Waals surface area contributed by atoms with E-state index in [0.717, 1.165) is 28.3 Å². The predicted molar refractivity (Wildman–Crippen MR) is 120 cm³/mol. The van der Waals surface area contributed by atoms with Gasteiger partial charge in [0.05, 0.1) is 13.7 Å². The number of methoxy groups -OCH3 is 1. The van der Waals surface area contributed by atoms with Crippen molar-refractivity contribution in [3.63, 3.8) is 0 Å². The molecule has 0 saturated carbocycles. The summed E-state index contributed by atoms with van der Waals surface area (Å²) in [5.74, 6) is 0.454. The van der Waals surface area contributed by atoms with Crippen molar-refractivity contribution >= 4 is 11.6 Å². The van der Waals surface area contributed by atoms with E-state index in [1.807, 2.05) is 54.6 Å². The van der Waals surface area contributed by atoms with Crippen molar-refractivity contribution in [3.05, 3.63) is 100 Å². The van der Waals surface area contributed by atoms with Gasteiger partial charge in [0, 0.05) is 29.2 Å². The van der Waals surface area contributed by atoms with E-state index in [1.54, 1.807) is 19.2 Å². The average molecular weight is 437 g/mol. The maximum atomic E-state index is 14.2. The van der Waals surface area contributed by atoms with Gasteiger partial charge in [0.1, 0.15) is 23.0 Å². The lowest BCUT2D eigenvalue weighted by Gasteiger charge is -2.06. The molecule has 0 atom stereocenters. The Morgan fingerprint density at radius 3 is 2.42 bits per heavy atom. The van der Waals surface area contributed by atoms with Gasteiger partial charge in [0.25, 0.3) is 0 Å². The number of aromatic nitrogens is 3. The van der Waals surface area contributed by atoms with Gasteiger partial charge in [-0.1, -0.05) is 60.1 Å². The maximum Gasteiger partial charge on any atom is 0.129 e. The summed E-state index contributed by atoms with van der Waals surface area (Å²) < 4.78 is 19.4. The van der Waals surface area contributed by atoms with Crippen molar-refractivity contribution in [2.24, 2.45) is 0 Å². The minimum atomic E-state index is -0.370. The van der Waals surface area contributed by atoms with E-state index >= 15 is 0 Å². The molecule has 1 heterocycles. The molecule has 0 bridgehead atoms. The van der Waals surface area contributed by atoms with Gasteiger partial charge in [-0.05, 0) is 29.8 Å². The zero-order valence-corrected chi connectivity index (χ0v) is 17.8. The zero-order chi connectivity index (χ0) is 21.6. The lowest BCUT2D eigenvalue weighted by molar-refractivity contribution is 0.414. The Balaban J connectivity index is 1.55. The van der Waals surface area contributed by atoms with Crippen molar-refractivity contribution < 1.29 is 9.13 Å². The Morgan fingerprint density at radius 1 is 0.935 bits per heavy atom. The van der Waals surface area contributed by atoms with E-state index in [1.165, 1.54) is 10.9 Å². The molecule has 7 heteroatoms. The molecular formula is C24H22ClFN4O. The van der Waals surface area contributed by atoms with Crippen LogP contribution >= 0.6 is 11.6 Å². The lowest BCUT2D eigenvalue weighted by Crippen LogP contribution is -2.14. The van der Waals surface area contributed by atoms with Crippen LogP contribution in [0.2, 0.25) is 5.02 Å². The van der Waals surface area contributed by atoms with Crippen LogP contribution in [0.3, 0.4) is 0 Å². The smallest absolute Gasteiger partial charge is 0.129 e. The lowest BCUT2D eigenvalue weighted by atomic mass is 10.1. The molecule has 4 rings (SSSR count). The minimum Gasteiger partial charge on any atom is -0.497 e. The molecule has 5 nitrogen and oxygen atoms in total. The molecule has 31 heavy (non-hydrogen) atoms. The summed E-state index contributed by atoms with van der Waals surface area (Å²) in [6.45, 7) is 1.34. The molecule has 0 unspecified atom stereocenters. The predicted octanol–water partition coefficient (Wildman–Crippen LogP) is 5.08. The summed E-state index contributed by atoms with van der Waals surface area (Å²) in [5.41, 5.74) is 4.00. The average Bonchev–Trinajstić information content (AvgIpc) is 3.20. The number of nitrogens with zero attached hydrogens (tertiary/aromatic N) is 3. The third kappa shape index (κ3) is 5.10. The second-order valence-electron chi connectivity index (χ2n) is 7.04. The van der Waals surface area contributed by atoms with Crippen molar-refractivity contribution in [3.8, 4) is 17.0 Å². The van der Waals surface area contributed by atoms with E-state index in [4.69, 9.17) is 16.3 Å². The summed E-state index contributed by atoms with van der Waals surface area (Å²) in [5, 5.41) is 13.0. The number of halogens is 2. The molecule has 0 amide bonds. The molecule has 4 aromatic rings. The summed E-state index contributed by atoms with van der Waals surface area (Å²) in [4.78, 5) is 1.50. The normalized spacial score (nSPS) is 10.9. The molecule has 0 radical (unpaired) electrons. The molecule has 158 valence electrons. The van der Waals surface area contributed by atoms with Crippen LogP contribution in [0.1, 0.15) is 16.8 Å². The fraction of sp³-hybridized carbons (Fsp3) is 0.167. The quantitative estimate of drug-likeness (QED) is 0.418. The number of benzene rings is 3. The third-order valence-corrected chi connectivity index (χ3v) is 5.27. The first-order valence-corrected chi connectivity index (χ1v) is 10.3. The van der Waals surface area contributed by atoms with Gasteiger partial charge in [-0.2, -0.15) is 15.0 Å². The second-order valence-corrected chi connectivity index (χ2v) is 7.45. The van der Waals surface area contributed by atoms with Crippen molar-refractivity contribution in [1.82, 2.24) is 20.3 Å². The fourth-order valence-corrected chi connectivity index (χ4v) is 3.51. The number of nitrogens with one attached hydrogen (secondary N) is 1. The highest BCUT2D eigenvalue weighted by Gasteiger charge is 2.15. The Bertz CT molecular complexity index is 1130. The number of hydrogen-bond donors (Lipinski definition) is 1. The number of ether oxygens (including phenoxy) is 1. The summed E-state index contributed by atoms with van der Waals surface area (Å²) in [7, 11) is 1.65. The molecule has 0 aliphatic heterocycles. The Morgan fingerprint density at radius 2 is 1.71 bits per heavy atom. The van der Waals surface area contributed by atoms with Crippen molar-refractivity contribution in [2.45, 2.75) is 19.6 Å². The van der Waals surface area contributed by atoms with Crippen LogP contribution in [0.15, 0.2) is 72.8 Å². The van der Waals surface area contributed by atoms with E-state index in [2.05, 4.69) is 15.5 Å². The van der Waals surface area contributed by atoms with Gasteiger partial charge in [-0.3, -0.25) is 0 Å². The minimum absolute atomic E-state index is 0.157. The van der Waals surface area contributed by atoms with Crippen LogP contribution < -0.4 is 10.1 Å². The second kappa shape index (κ2) is 9.73. The molecule has 0 aliphatic rings. The van der Waals surface area contributed by atoms with Gasteiger partial charge >= 0.3 is 0 Å². The van der Waals surface area contributed by atoms with Crippen LogP contribution in [0, 0.1) is 5.82 Å². The first-order valence-electron chi connectivity index (χ1n) is 9.90. The van der Waals surface area contributed by atoms with E-state index in [-0.39, 0.29) is 12.4 Å². The molecular weight excluding hydrogens is 415 g/mol. The molecule has 1 N–H and O–H groups in total. The van der Waals surface area contributed by atoms with Crippen LogP contribution in [0.25, 0.3) is 11.3 Å². The summed E-state index contributed by atoms with van der Waals surface area (Å²) in [6.07, 6.45) is 0. The SMILES string of the molecule is COc1ccc(CNCc2nn(Cc3c(F)cccc3Cl)nc2-c2ccccc2)cc1. The first-order chi connectivity index (χ1) is 15.1. The van der Waals surface area contributed by atoms with Crippen LogP contribution in [0.5, 0.6) is 5.75 Å². The highest BCUT2D eigenvalue weighted by atomic mass is 35.5. The van der Waals surface area contributed by atoms with Crippen LogP contribution in [-0.4, -0.2) is 22.1 Å². The van der Waals surface area contributed by atoms with Crippen LogP contribution in [-0.2, 0) is 19.6 Å². The first kappa shape index (κ1) is 21.0. The fourth-order valence-electron chi connectivity index (χ4n) is 3.29. The highest BCUT2D eigenvalue weighted by molar-refractivity contribution is 6.31. The summed E-state index contributed by atoms with van der Waals surface area (Å²) in [6, 6.07) is 22.4. The van der Waals surface area contributed by atoms with Gasteiger partial charge < -0.3 is 10.1 Å².